The van der Waals surface area contributed by atoms with Crippen molar-refractivity contribution in [3.8, 4) is 27.9 Å². The predicted octanol–water partition coefficient (Wildman–Crippen LogP) is 16.6. The highest BCUT2D eigenvalue weighted by Crippen LogP contribution is 2.48. The normalized spacial score (nSPS) is 12.0. The van der Waals surface area contributed by atoms with Crippen LogP contribution in [0.4, 0.5) is 34.1 Å². The molecule has 0 fully saturated rings. The lowest BCUT2D eigenvalue weighted by Gasteiger charge is -2.26. The van der Waals surface area contributed by atoms with Crippen LogP contribution in [-0.2, 0) is 0 Å². The summed E-state index contributed by atoms with van der Waals surface area (Å²) in [5.41, 5.74) is 19.2. The van der Waals surface area contributed by atoms with Gasteiger partial charge in [0.2, 0.25) is 0 Å². The Morgan fingerprint density at radius 2 is 0.625 bits per heavy atom. The summed E-state index contributed by atoms with van der Waals surface area (Å²) in [7, 11) is 0. The molecule has 302 valence electrons. The fraction of sp³-hybridized carbons (Fsp3) is 0.0164. The van der Waals surface area contributed by atoms with Crippen LogP contribution in [0.15, 0.2) is 255 Å². The maximum absolute atomic E-state index is 2.37. The molecule has 0 bridgehead atoms. The highest BCUT2D eigenvalue weighted by atomic mass is 15.1. The minimum absolute atomic E-state index is 0.218. The van der Waals surface area contributed by atoms with Crippen LogP contribution in [-0.4, -0.2) is 4.57 Å². The lowest BCUT2D eigenvalue weighted by molar-refractivity contribution is 1.01. The van der Waals surface area contributed by atoms with Gasteiger partial charge in [-0.15, -0.1) is 0 Å². The van der Waals surface area contributed by atoms with Gasteiger partial charge in [0.25, 0.3) is 0 Å². The van der Waals surface area contributed by atoms with E-state index in [1.807, 2.05) is 0 Å². The second-order valence-electron chi connectivity index (χ2n) is 16.5. The third-order valence-corrected chi connectivity index (χ3v) is 12.9. The van der Waals surface area contributed by atoms with Crippen molar-refractivity contribution in [2.45, 2.75) is 5.92 Å². The Morgan fingerprint density at radius 3 is 1.08 bits per heavy atom. The zero-order valence-corrected chi connectivity index (χ0v) is 35.2. The molecule has 0 unspecified atom stereocenters. The third-order valence-electron chi connectivity index (χ3n) is 12.9. The Labute approximate surface area is 374 Å². The summed E-state index contributed by atoms with van der Waals surface area (Å²) in [6.07, 6.45) is 0. The van der Waals surface area contributed by atoms with Crippen molar-refractivity contribution in [2.75, 3.05) is 9.80 Å². The molecule has 3 nitrogen and oxygen atoms in total. The van der Waals surface area contributed by atoms with Gasteiger partial charge in [-0.05, 0) is 136 Å². The summed E-state index contributed by atoms with van der Waals surface area (Å²) in [4.78, 5) is 4.67. The number of hydrogen-bond acceptors (Lipinski definition) is 2. The van der Waals surface area contributed by atoms with Gasteiger partial charge in [-0.2, -0.15) is 0 Å². The van der Waals surface area contributed by atoms with Gasteiger partial charge >= 0.3 is 0 Å². The summed E-state index contributed by atoms with van der Waals surface area (Å²) in [6.45, 7) is 0. The molecule has 64 heavy (non-hydrogen) atoms. The van der Waals surface area contributed by atoms with Gasteiger partial charge in [-0.1, -0.05) is 158 Å². The molecule has 12 rings (SSSR count). The molecule has 1 aliphatic rings. The molecule has 0 saturated heterocycles. The molecule has 0 spiro atoms. The van der Waals surface area contributed by atoms with E-state index in [2.05, 4.69) is 269 Å². The predicted molar refractivity (Wildman–Crippen MR) is 268 cm³/mol. The van der Waals surface area contributed by atoms with Crippen LogP contribution in [0, 0.1) is 0 Å². The van der Waals surface area contributed by atoms with Gasteiger partial charge in [0.05, 0.1) is 11.0 Å². The highest BCUT2D eigenvalue weighted by molar-refractivity contribution is 6.09. The number of para-hydroxylation sites is 4. The molecule has 0 amide bonds. The van der Waals surface area contributed by atoms with Crippen LogP contribution in [0.5, 0.6) is 0 Å². The maximum Gasteiger partial charge on any atom is 0.0541 e. The number of fused-ring (bicyclic) bond motifs is 6. The van der Waals surface area contributed by atoms with E-state index in [9.17, 15) is 0 Å². The molecule has 10 aromatic carbocycles. The van der Waals surface area contributed by atoms with Crippen molar-refractivity contribution in [1.82, 2.24) is 4.57 Å². The largest absolute Gasteiger partial charge is 0.311 e. The topological polar surface area (TPSA) is 11.4 Å². The standard InChI is InChI=1S/C61H43N3/c1-3-15-46(16-4-1)62(50-37-31-45(32-38-50)61-57-23-9-7-19-53(57)54-20-8-10-24-58(54)61)48-33-27-43(28-34-48)44-29-35-49(36-30-44)63(47-17-5-2-6-18-47)51-39-41-52(42-40-51)64-59-25-13-11-21-55(59)56-22-12-14-26-60(56)64/h1-42,61H. The number of anilines is 6. The van der Waals surface area contributed by atoms with Crippen molar-refractivity contribution < 1.29 is 0 Å². The van der Waals surface area contributed by atoms with Gasteiger partial charge in [0, 0.05) is 56.5 Å². The number of rotatable bonds is 9. The van der Waals surface area contributed by atoms with Gasteiger partial charge < -0.3 is 14.4 Å². The molecule has 1 aromatic heterocycles. The summed E-state index contributed by atoms with van der Waals surface area (Å²) < 4.78 is 2.37. The van der Waals surface area contributed by atoms with Crippen molar-refractivity contribution in [3.05, 3.63) is 271 Å². The van der Waals surface area contributed by atoms with Gasteiger partial charge in [-0.3, -0.25) is 0 Å². The second kappa shape index (κ2) is 15.8. The molecular weight excluding hydrogens is 775 g/mol. The molecular formula is C61H43N3. The van der Waals surface area contributed by atoms with E-state index in [0.717, 1.165) is 45.4 Å². The van der Waals surface area contributed by atoms with E-state index < -0.39 is 0 Å². The van der Waals surface area contributed by atoms with Crippen molar-refractivity contribution in [1.29, 1.82) is 0 Å². The fourth-order valence-corrected chi connectivity index (χ4v) is 9.94. The quantitative estimate of drug-likeness (QED) is 0.144. The number of nitrogens with zero attached hydrogens (tertiary/aromatic N) is 3. The fourth-order valence-electron chi connectivity index (χ4n) is 9.94. The average Bonchev–Trinajstić information content (AvgIpc) is 3.89. The first-order chi connectivity index (χ1) is 31.8. The van der Waals surface area contributed by atoms with Gasteiger partial charge in [-0.25, -0.2) is 0 Å². The average molecular weight is 818 g/mol. The van der Waals surface area contributed by atoms with Crippen LogP contribution in [0.1, 0.15) is 22.6 Å². The Balaban J connectivity index is 0.840. The number of benzene rings is 10. The Kier molecular flexibility index (Phi) is 9.23. The highest BCUT2D eigenvalue weighted by Gasteiger charge is 2.29. The molecule has 0 atom stereocenters. The molecule has 1 heterocycles. The Hall–Kier alpha value is -8.40. The molecule has 11 aromatic rings. The SMILES string of the molecule is c1ccc(N(c2ccc(-c3ccc(N(c4ccccc4)c4ccc(-n5c6ccccc6c6ccccc65)cc4)cc3)cc2)c2ccc(C3c4ccccc4-c4ccccc43)cc2)cc1. The lowest BCUT2D eigenvalue weighted by atomic mass is 9.89. The number of aromatic nitrogens is 1. The molecule has 3 heteroatoms. The summed E-state index contributed by atoms with van der Waals surface area (Å²) in [6, 6.07) is 92.3. The van der Waals surface area contributed by atoms with Crippen molar-refractivity contribution in [3.63, 3.8) is 0 Å². The van der Waals surface area contributed by atoms with Gasteiger partial charge in [0.15, 0.2) is 0 Å². The number of hydrogen-bond donors (Lipinski definition) is 0. The zero-order chi connectivity index (χ0) is 42.4. The van der Waals surface area contributed by atoms with E-state index in [0.29, 0.717) is 0 Å². The summed E-state index contributed by atoms with van der Waals surface area (Å²) in [5.74, 6) is 0.218. The van der Waals surface area contributed by atoms with Crippen LogP contribution >= 0.6 is 0 Å². The van der Waals surface area contributed by atoms with Gasteiger partial charge in [0.1, 0.15) is 0 Å². The molecule has 0 radical (unpaired) electrons. The first kappa shape index (κ1) is 37.4. The summed E-state index contributed by atoms with van der Waals surface area (Å²) in [5, 5.41) is 2.53. The second-order valence-corrected chi connectivity index (χ2v) is 16.5. The Morgan fingerprint density at radius 1 is 0.281 bits per heavy atom. The van der Waals surface area contributed by atoms with E-state index in [1.165, 1.54) is 55.2 Å². The Bertz CT molecular complexity index is 3310. The van der Waals surface area contributed by atoms with Crippen molar-refractivity contribution >= 4 is 55.9 Å². The van der Waals surface area contributed by atoms with Crippen LogP contribution in [0.3, 0.4) is 0 Å². The molecule has 0 N–H and O–H groups in total. The monoisotopic (exact) mass is 817 g/mol. The lowest BCUT2D eigenvalue weighted by Crippen LogP contribution is -2.10. The van der Waals surface area contributed by atoms with Crippen LogP contribution in [0.25, 0.3) is 49.7 Å². The first-order valence-corrected chi connectivity index (χ1v) is 22.0. The molecule has 0 saturated carbocycles. The first-order valence-electron chi connectivity index (χ1n) is 22.0. The minimum Gasteiger partial charge on any atom is -0.311 e. The molecule has 1 aliphatic carbocycles. The summed E-state index contributed by atoms with van der Waals surface area (Å²) >= 11 is 0. The van der Waals surface area contributed by atoms with E-state index in [-0.39, 0.29) is 5.92 Å². The minimum atomic E-state index is 0.218. The van der Waals surface area contributed by atoms with Crippen LogP contribution in [0.2, 0.25) is 0 Å². The molecule has 0 aliphatic heterocycles. The third kappa shape index (κ3) is 6.45. The van der Waals surface area contributed by atoms with Crippen molar-refractivity contribution in [2.24, 2.45) is 0 Å². The maximum atomic E-state index is 2.37. The van der Waals surface area contributed by atoms with E-state index in [4.69, 9.17) is 0 Å². The zero-order valence-electron chi connectivity index (χ0n) is 35.2. The van der Waals surface area contributed by atoms with Crippen LogP contribution < -0.4 is 9.80 Å². The smallest absolute Gasteiger partial charge is 0.0541 e. The van der Waals surface area contributed by atoms with E-state index >= 15 is 0 Å². The van der Waals surface area contributed by atoms with E-state index in [1.54, 1.807) is 0 Å².